The lowest BCUT2D eigenvalue weighted by Crippen LogP contribution is -2.28. The van der Waals surface area contributed by atoms with Crippen LogP contribution < -0.4 is 0 Å². The Bertz CT molecular complexity index is 306. The van der Waals surface area contributed by atoms with E-state index < -0.39 is 0 Å². The summed E-state index contributed by atoms with van der Waals surface area (Å²) in [5, 5.41) is 0. The first-order chi connectivity index (χ1) is 7.09. The maximum Gasteiger partial charge on any atom is 0.149 e. The van der Waals surface area contributed by atoms with Crippen molar-refractivity contribution < 1.29 is 4.79 Å². The third-order valence-electron chi connectivity index (χ3n) is 2.37. The van der Waals surface area contributed by atoms with Crippen LogP contribution >= 0.6 is 0 Å². The highest BCUT2D eigenvalue weighted by Crippen LogP contribution is 2.04. The second-order valence-electron chi connectivity index (χ2n) is 4.28. The van der Waals surface area contributed by atoms with Crippen LogP contribution in [0.2, 0.25) is 0 Å². The number of nitrogens with zero attached hydrogens (tertiary/aromatic N) is 1. The molecule has 0 aliphatic carbocycles. The van der Waals surface area contributed by atoms with E-state index >= 15 is 0 Å². The molecule has 82 valence electrons. The van der Waals surface area contributed by atoms with Gasteiger partial charge in [0.25, 0.3) is 0 Å². The number of benzene rings is 1. The highest BCUT2D eigenvalue weighted by molar-refractivity contribution is 5.82. The largest absolute Gasteiger partial charge is 0.298 e. The molecule has 0 aliphatic rings. The summed E-state index contributed by atoms with van der Waals surface area (Å²) in [6.07, 6.45) is 0. The van der Waals surface area contributed by atoms with Crippen LogP contribution in [0.25, 0.3) is 0 Å². The van der Waals surface area contributed by atoms with Gasteiger partial charge in [0.2, 0.25) is 0 Å². The number of hydrogen-bond donors (Lipinski definition) is 0. The Hall–Kier alpha value is -1.15. The molecule has 0 saturated heterocycles. The van der Waals surface area contributed by atoms with Crippen LogP contribution in [0.5, 0.6) is 0 Å². The molecule has 1 aromatic rings. The van der Waals surface area contributed by atoms with Crippen molar-refractivity contribution in [3.63, 3.8) is 0 Å². The molecule has 15 heavy (non-hydrogen) atoms. The summed E-state index contributed by atoms with van der Waals surface area (Å²) in [7, 11) is 1.98. The Morgan fingerprint density at radius 1 is 1.27 bits per heavy atom. The van der Waals surface area contributed by atoms with E-state index in [0.29, 0.717) is 12.3 Å². The van der Waals surface area contributed by atoms with Gasteiger partial charge in [0, 0.05) is 12.5 Å². The standard InChI is InChI=1S/C13H19NO/c1-11(2)13(15)10-14(3)9-12-7-5-4-6-8-12/h4-8,11H,9-10H2,1-3H3. The average molecular weight is 205 g/mol. The minimum absolute atomic E-state index is 0.128. The number of hydrogen-bond acceptors (Lipinski definition) is 2. The second-order valence-corrected chi connectivity index (χ2v) is 4.28. The van der Waals surface area contributed by atoms with Gasteiger partial charge in [0.05, 0.1) is 6.54 Å². The van der Waals surface area contributed by atoms with Crippen molar-refractivity contribution in [3.05, 3.63) is 35.9 Å². The fourth-order valence-electron chi connectivity index (χ4n) is 1.40. The molecule has 0 unspecified atom stereocenters. The van der Waals surface area contributed by atoms with Gasteiger partial charge in [-0.25, -0.2) is 0 Å². The summed E-state index contributed by atoms with van der Waals surface area (Å²) in [4.78, 5) is 13.6. The van der Waals surface area contributed by atoms with Gasteiger partial charge < -0.3 is 0 Å². The van der Waals surface area contributed by atoms with E-state index in [-0.39, 0.29) is 5.92 Å². The van der Waals surface area contributed by atoms with Crippen LogP contribution in [-0.2, 0) is 11.3 Å². The van der Waals surface area contributed by atoms with Gasteiger partial charge >= 0.3 is 0 Å². The molecule has 0 spiro atoms. The molecule has 2 nitrogen and oxygen atoms in total. The predicted octanol–water partition coefficient (Wildman–Crippen LogP) is 2.34. The van der Waals surface area contributed by atoms with Crippen LogP contribution in [0.3, 0.4) is 0 Å². The van der Waals surface area contributed by atoms with Gasteiger partial charge in [-0.3, -0.25) is 9.69 Å². The van der Waals surface area contributed by atoms with Gasteiger partial charge in [-0.2, -0.15) is 0 Å². The molecule has 0 aliphatic heterocycles. The lowest BCUT2D eigenvalue weighted by atomic mass is 10.1. The SMILES string of the molecule is CC(C)C(=O)CN(C)Cc1ccccc1. The van der Waals surface area contributed by atoms with Gasteiger partial charge in [0.1, 0.15) is 5.78 Å². The molecule has 2 heteroatoms. The summed E-state index contributed by atoms with van der Waals surface area (Å²) in [6, 6.07) is 10.2. The molecule has 0 bridgehead atoms. The van der Waals surface area contributed by atoms with E-state index in [1.165, 1.54) is 5.56 Å². The van der Waals surface area contributed by atoms with Crippen LogP contribution in [0.4, 0.5) is 0 Å². The average Bonchev–Trinajstić information content (AvgIpc) is 2.18. The van der Waals surface area contributed by atoms with E-state index in [1.807, 2.05) is 39.1 Å². The Morgan fingerprint density at radius 2 is 1.87 bits per heavy atom. The molecule has 1 aromatic carbocycles. The van der Waals surface area contributed by atoms with Crippen molar-refractivity contribution in [1.82, 2.24) is 4.90 Å². The lowest BCUT2D eigenvalue weighted by Gasteiger charge is -2.16. The zero-order valence-electron chi connectivity index (χ0n) is 9.73. The number of carbonyl (C=O) groups excluding carboxylic acids is 1. The first-order valence-electron chi connectivity index (χ1n) is 5.34. The molecule has 0 aromatic heterocycles. The molecule has 0 amide bonds. The van der Waals surface area contributed by atoms with E-state index in [4.69, 9.17) is 0 Å². The minimum Gasteiger partial charge on any atom is -0.298 e. The van der Waals surface area contributed by atoms with Crippen molar-refractivity contribution in [2.75, 3.05) is 13.6 Å². The molecule has 0 radical (unpaired) electrons. The number of carbonyl (C=O) groups is 1. The Morgan fingerprint density at radius 3 is 2.40 bits per heavy atom. The maximum atomic E-state index is 11.5. The lowest BCUT2D eigenvalue weighted by molar-refractivity contribution is -0.122. The van der Waals surface area contributed by atoms with Crippen molar-refractivity contribution in [2.45, 2.75) is 20.4 Å². The Balaban J connectivity index is 2.43. The van der Waals surface area contributed by atoms with Gasteiger partial charge in [0.15, 0.2) is 0 Å². The maximum absolute atomic E-state index is 11.5. The van der Waals surface area contributed by atoms with Crippen molar-refractivity contribution in [2.24, 2.45) is 5.92 Å². The number of ketones is 1. The second kappa shape index (κ2) is 5.66. The van der Waals surface area contributed by atoms with E-state index in [0.717, 1.165) is 6.54 Å². The van der Waals surface area contributed by atoms with Gasteiger partial charge in [-0.1, -0.05) is 44.2 Å². The molecular weight excluding hydrogens is 186 g/mol. The molecule has 0 fully saturated rings. The van der Waals surface area contributed by atoms with E-state index in [1.54, 1.807) is 0 Å². The normalized spacial score (nSPS) is 11.0. The molecule has 1 rings (SSSR count). The summed E-state index contributed by atoms with van der Waals surface area (Å²) in [5.41, 5.74) is 1.25. The fourth-order valence-corrected chi connectivity index (χ4v) is 1.40. The third kappa shape index (κ3) is 4.26. The van der Waals surface area contributed by atoms with Crippen molar-refractivity contribution in [1.29, 1.82) is 0 Å². The van der Waals surface area contributed by atoms with Crippen LogP contribution in [0.15, 0.2) is 30.3 Å². The van der Waals surface area contributed by atoms with E-state index in [9.17, 15) is 4.79 Å². The third-order valence-corrected chi connectivity index (χ3v) is 2.37. The predicted molar refractivity (Wildman–Crippen MR) is 62.6 cm³/mol. The minimum atomic E-state index is 0.128. The molecule has 0 heterocycles. The first-order valence-corrected chi connectivity index (χ1v) is 5.34. The van der Waals surface area contributed by atoms with E-state index in [2.05, 4.69) is 17.0 Å². The number of likely N-dealkylation sites (N-methyl/N-ethyl adjacent to an activating group) is 1. The zero-order valence-corrected chi connectivity index (χ0v) is 9.73. The first kappa shape index (κ1) is 11.9. The van der Waals surface area contributed by atoms with Crippen LogP contribution in [-0.4, -0.2) is 24.3 Å². The quantitative estimate of drug-likeness (QED) is 0.735. The number of rotatable bonds is 5. The zero-order chi connectivity index (χ0) is 11.3. The van der Waals surface area contributed by atoms with Gasteiger partial charge in [-0.15, -0.1) is 0 Å². The molecule has 0 N–H and O–H groups in total. The smallest absolute Gasteiger partial charge is 0.149 e. The Kier molecular flexibility index (Phi) is 4.50. The summed E-state index contributed by atoms with van der Waals surface area (Å²) in [6.45, 7) is 5.25. The monoisotopic (exact) mass is 205 g/mol. The Labute approximate surface area is 91.9 Å². The summed E-state index contributed by atoms with van der Waals surface area (Å²) >= 11 is 0. The summed E-state index contributed by atoms with van der Waals surface area (Å²) in [5.74, 6) is 0.427. The van der Waals surface area contributed by atoms with Gasteiger partial charge in [-0.05, 0) is 12.6 Å². The topological polar surface area (TPSA) is 20.3 Å². The fraction of sp³-hybridized carbons (Fsp3) is 0.462. The summed E-state index contributed by atoms with van der Waals surface area (Å²) < 4.78 is 0. The number of Topliss-reactive ketones (excluding diaryl/α,β-unsaturated/α-hetero) is 1. The van der Waals surface area contributed by atoms with Crippen LogP contribution in [0.1, 0.15) is 19.4 Å². The van der Waals surface area contributed by atoms with Crippen LogP contribution in [0, 0.1) is 5.92 Å². The molecule has 0 saturated carbocycles. The van der Waals surface area contributed by atoms with Crippen molar-refractivity contribution in [3.8, 4) is 0 Å². The highest BCUT2D eigenvalue weighted by atomic mass is 16.1. The molecular formula is C13H19NO. The molecule has 0 atom stereocenters. The highest BCUT2D eigenvalue weighted by Gasteiger charge is 2.10. The van der Waals surface area contributed by atoms with Crippen molar-refractivity contribution >= 4 is 5.78 Å².